The number of amides is 1. The number of carbonyl (C=O) groups excluding carboxylic acids is 2. The molecule has 1 aromatic rings. The molecule has 0 unspecified atom stereocenters. The smallest absolute Gasteiger partial charge is 0.340 e. The van der Waals surface area contributed by atoms with Gasteiger partial charge in [0.15, 0.2) is 0 Å². The van der Waals surface area contributed by atoms with E-state index in [1.165, 1.54) is 6.07 Å². The van der Waals surface area contributed by atoms with Crippen molar-refractivity contribution < 1.29 is 27.5 Å². The number of nitrogens with zero attached hydrogens (tertiary/aromatic N) is 1. The Hall–Kier alpha value is -2.13. The van der Waals surface area contributed by atoms with Gasteiger partial charge < -0.3 is 14.8 Å². The lowest BCUT2D eigenvalue weighted by atomic mass is 9.99. The van der Waals surface area contributed by atoms with E-state index in [1.807, 2.05) is 0 Å². The average Bonchev–Trinajstić information content (AvgIpc) is 2.65. The van der Waals surface area contributed by atoms with Crippen LogP contribution in [0.15, 0.2) is 24.3 Å². The molecule has 1 aromatic carbocycles. The molecule has 1 N–H and O–H groups in total. The van der Waals surface area contributed by atoms with Crippen molar-refractivity contribution in [3.05, 3.63) is 29.8 Å². The van der Waals surface area contributed by atoms with Crippen molar-refractivity contribution >= 4 is 27.6 Å². The third-order valence-electron chi connectivity index (χ3n) is 4.27. The molecule has 9 heteroatoms. The lowest BCUT2D eigenvalue weighted by molar-refractivity contribution is -0.127. The van der Waals surface area contributed by atoms with Crippen molar-refractivity contribution in [2.75, 3.05) is 43.5 Å². The third kappa shape index (κ3) is 5.93. The highest BCUT2D eigenvalue weighted by molar-refractivity contribution is 7.92. The maximum Gasteiger partial charge on any atom is 0.340 e. The van der Waals surface area contributed by atoms with Crippen LogP contribution in [0.4, 0.5) is 5.69 Å². The van der Waals surface area contributed by atoms with E-state index in [2.05, 4.69) is 5.32 Å². The monoisotopic (exact) mass is 398 g/mol. The summed E-state index contributed by atoms with van der Waals surface area (Å²) < 4.78 is 35.9. The summed E-state index contributed by atoms with van der Waals surface area (Å²) in [6.07, 6.45) is 2.38. The lowest BCUT2D eigenvalue weighted by Crippen LogP contribution is -2.41. The van der Waals surface area contributed by atoms with Gasteiger partial charge in [0.1, 0.15) is 0 Å². The largest absolute Gasteiger partial charge is 0.462 e. The molecule has 0 atom stereocenters. The Morgan fingerprint density at radius 3 is 2.56 bits per heavy atom. The van der Waals surface area contributed by atoms with Crippen LogP contribution in [-0.4, -0.2) is 59.5 Å². The summed E-state index contributed by atoms with van der Waals surface area (Å²) in [6, 6.07) is 6.36. The fourth-order valence-corrected chi connectivity index (χ4v) is 3.86. The Kier molecular flexibility index (Phi) is 7.61. The minimum atomic E-state index is -3.66. The van der Waals surface area contributed by atoms with Crippen LogP contribution in [0.2, 0.25) is 0 Å². The van der Waals surface area contributed by atoms with E-state index in [-0.39, 0.29) is 42.8 Å². The first-order valence-corrected chi connectivity index (χ1v) is 10.8. The number of hydrogen-bond acceptors (Lipinski definition) is 6. The van der Waals surface area contributed by atoms with Crippen molar-refractivity contribution in [3.63, 3.8) is 0 Å². The molecular weight excluding hydrogens is 372 g/mol. The maximum absolute atomic E-state index is 12.3. The standard InChI is InChI=1S/C18H26N2O6S/c1-3-26-18(22)15-6-4-5-7-16(15)20(27(2,23)24)11-10-19-17(21)14-8-12-25-13-9-14/h4-7,14H,3,8-13H2,1-2H3,(H,19,21). The van der Waals surface area contributed by atoms with Gasteiger partial charge in [-0.2, -0.15) is 0 Å². The first-order valence-electron chi connectivity index (χ1n) is 8.94. The number of ether oxygens (including phenoxy) is 2. The van der Waals surface area contributed by atoms with E-state index in [0.29, 0.717) is 26.1 Å². The predicted octanol–water partition coefficient (Wildman–Crippen LogP) is 1.17. The summed E-state index contributed by atoms with van der Waals surface area (Å²) in [7, 11) is -3.66. The zero-order valence-electron chi connectivity index (χ0n) is 15.6. The van der Waals surface area contributed by atoms with Crippen LogP contribution in [0.25, 0.3) is 0 Å². The van der Waals surface area contributed by atoms with E-state index in [0.717, 1.165) is 10.6 Å². The molecule has 0 aromatic heterocycles. The van der Waals surface area contributed by atoms with Gasteiger partial charge in [-0.1, -0.05) is 12.1 Å². The molecule has 1 aliphatic heterocycles. The molecule has 1 amide bonds. The van der Waals surface area contributed by atoms with Gasteiger partial charge in [-0.25, -0.2) is 13.2 Å². The summed E-state index contributed by atoms with van der Waals surface area (Å²) >= 11 is 0. The first kappa shape index (κ1) is 21.2. The Balaban J connectivity index is 2.10. The zero-order chi connectivity index (χ0) is 19.9. The summed E-state index contributed by atoms with van der Waals surface area (Å²) in [4.78, 5) is 24.4. The summed E-state index contributed by atoms with van der Waals surface area (Å²) in [5.41, 5.74) is 0.402. The highest BCUT2D eigenvalue weighted by Gasteiger charge is 2.25. The minimum Gasteiger partial charge on any atom is -0.462 e. The summed E-state index contributed by atoms with van der Waals surface area (Å²) in [5.74, 6) is -0.810. The maximum atomic E-state index is 12.3. The topological polar surface area (TPSA) is 102 Å². The van der Waals surface area contributed by atoms with Gasteiger partial charge in [0, 0.05) is 25.7 Å². The second-order valence-electron chi connectivity index (χ2n) is 6.25. The fraction of sp³-hybridized carbons (Fsp3) is 0.556. The number of esters is 1. The summed E-state index contributed by atoms with van der Waals surface area (Å²) in [5, 5.41) is 2.78. The van der Waals surface area contributed by atoms with E-state index in [1.54, 1.807) is 25.1 Å². The molecule has 0 spiro atoms. The minimum absolute atomic E-state index is 0.0181. The fourth-order valence-electron chi connectivity index (χ4n) is 2.92. The molecule has 27 heavy (non-hydrogen) atoms. The van der Waals surface area contributed by atoms with Crippen molar-refractivity contribution in [2.24, 2.45) is 5.92 Å². The number of hydrogen-bond donors (Lipinski definition) is 1. The highest BCUT2D eigenvalue weighted by atomic mass is 32.2. The molecule has 0 bridgehead atoms. The number of para-hydroxylation sites is 1. The third-order valence-corrected chi connectivity index (χ3v) is 5.45. The molecule has 1 saturated heterocycles. The lowest BCUT2D eigenvalue weighted by Gasteiger charge is -2.25. The number of carbonyl (C=O) groups is 2. The van der Waals surface area contributed by atoms with Crippen molar-refractivity contribution in [1.29, 1.82) is 0 Å². The Morgan fingerprint density at radius 1 is 1.26 bits per heavy atom. The first-order chi connectivity index (χ1) is 12.8. The average molecular weight is 398 g/mol. The Morgan fingerprint density at radius 2 is 1.93 bits per heavy atom. The number of benzene rings is 1. The normalized spacial score (nSPS) is 15.2. The molecule has 150 valence electrons. The van der Waals surface area contributed by atoms with Gasteiger partial charge >= 0.3 is 5.97 Å². The Labute approximate surface area is 159 Å². The van der Waals surface area contributed by atoms with Gasteiger partial charge in [-0.05, 0) is 31.9 Å². The summed E-state index contributed by atoms with van der Waals surface area (Å²) in [6.45, 7) is 3.14. The van der Waals surface area contributed by atoms with E-state index in [4.69, 9.17) is 9.47 Å². The molecule has 2 rings (SSSR count). The van der Waals surface area contributed by atoms with Crippen LogP contribution < -0.4 is 9.62 Å². The van der Waals surface area contributed by atoms with Gasteiger partial charge in [-0.3, -0.25) is 9.10 Å². The van der Waals surface area contributed by atoms with Gasteiger partial charge in [0.05, 0.1) is 30.7 Å². The van der Waals surface area contributed by atoms with Crippen molar-refractivity contribution in [1.82, 2.24) is 5.32 Å². The predicted molar refractivity (Wildman–Crippen MR) is 101 cm³/mol. The molecule has 8 nitrogen and oxygen atoms in total. The molecule has 0 aliphatic carbocycles. The van der Waals surface area contributed by atoms with Crippen LogP contribution in [0.1, 0.15) is 30.1 Å². The number of rotatable bonds is 8. The molecule has 1 heterocycles. The van der Waals surface area contributed by atoms with E-state index < -0.39 is 16.0 Å². The zero-order valence-corrected chi connectivity index (χ0v) is 16.5. The van der Waals surface area contributed by atoms with Crippen LogP contribution in [-0.2, 0) is 24.3 Å². The SMILES string of the molecule is CCOC(=O)c1ccccc1N(CCNC(=O)C1CCOCC1)S(C)(=O)=O. The second kappa shape index (κ2) is 9.70. The van der Waals surface area contributed by atoms with Crippen LogP contribution in [0.3, 0.4) is 0 Å². The van der Waals surface area contributed by atoms with E-state index >= 15 is 0 Å². The number of nitrogens with one attached hydrogen (secondary N) is 1. The van der Waals surface area contributed by atoms with Crippen molar-refractivity contribution in [2.45, 2.75) is 19.8 Å². The van der Waals surface area contributed by atoms with Crippen molar-refractivity contribution in [3.8, 4) is 0 Å². The van der Waals surface area contributed by atoms with E-state index in [9.17, 15) is 18.0 Å². The quantitative estimate of drug-likeness (QED) is 0.660. The second-order valence-corrected chi connectivity index (χ2v) is 8.16. The molecule has 0 radical (unpaired) electrons. The molecular formula is C18H26N2O6S. The van der Waals surface area contributed by atoms with Crippen LogP contribution >= 0.6 is 0 Å². The number of sulfonamides is 1. The molecule has 1 aliphatic rings. The Bertz CT molecular complexity index is 759. The van der Waals surface area contributed by atoms with Gasteiger partial charge in [-0.15, -0.1) is 0 Å². The number of anilines is 1. The molecule has 1 fully saturated rings. The van der Waals surface area contributed by atoms with Gasteiger partial charge in [0.2, 0.25) is 15.9 Å². The van der Waals surface area contributed by atoms with Crippen LogP contribution in [0.5, 0.6) is 0 Å². The highest BCUT2D eigenvalue weighted by Crippen LogP contribution is 2.23. The molecule has 0 saturated carbocycles. The van der Waals surface area contributed by atoms with Gasteiger partial charge in [0.25, 0.3) is 0 Å². The van der Waals surface area contributed by atoms with Crippen LogP contribution in [0, 0.1) is 5.92 Å².